The quantitative estimate of drug-likeness (QED) is 0.825. The van der Waals surface area contributed by atoms with E-state index in [-0.39, 0.29) is 11.9 Å². The predicted octanol–water partition coefficient (Wildman–Crippen LogP) is 2.69. The molecular formula is C19H28N2O3S. The molecule has 3 atom stereocenters. The van der Waals surface area contributed by atoms with Crippen LogP contribution in [0, 0.1) is 11.8 Å². The number of hydrogen-bond acceptors (Lipinski definition) is 3. The maximum Gasteiger partial charge on any atom is 0.243 e. The minimum Gasteiger partial charge on any atom is -0.345 e. The summed E-state index contributed by atoms with van der Waals surface area (Å²) >= 11 is 0. The standard InChI is InChI=1S/C19H28N2O3S/c1-13(2)14-5-7-18(8-6-14)25(23,24)21(4)17-9-15-11-19(22)20(3)12-16(15)10-17/h5-8,13,15-17H,9-12H2,1-4H3/t15-,16+,17-/m0/s1. The molecule has 1 aromatic carbocycles. The van der Waals surface area contributed by atoms with Crippen LogP contribution in [0.25, 0.3) is 0 Å². The van der Waals surface area contributed by atoms with E-state index < -0.39 is 10.0 Å². The molecule has 0 bridgehead atoms. The van der Waals surface area contributed by atoms with Gasteiger partial charge in [-0.1, -0.05) is 26.0 Å². The zero-order valence-corrected chi connectivity index (χ0v) is 16.3. The first kappa shape index (κ1) is 18.4. The van der Waals surface area contributed by atoms with E-state index in [9.17, 15) is 13.2 Å². The summed E-state index contributed by atoms with van der Waals surface area (Å²) in [4.78, 5) is 14.0. The molecule has 0 unspecified atom stereocenters. The molecule has 0 aromatic heterocycles. The number of benzene rings is 1. The average molecular weight is 365 g/mol. The number of carbonyl (C=O) groups excluding carboxylic acids is 1. The van der Waals surface area contributed by atoms with Crippen molar-refractivity contribution in [2.75, 3.05) is 20.6 Å². The molecule has 1 aromatic rings. The Labute approximate surface area is 151 Å². The van der Waals surface area contributed by atoms with Gasteiger partial charge in [-0.25, -0.2) is 8.42 Å². The monoisotopic (exact) mass is 364 g/mol. The molecule has 1 aliphatic carbocycles. The number of likely N-dealkylation sites (tertiary alicyclic amines) is 1. The third-order valence-electron chi connectivity index (χ3n) is 5.93. The largest absolute Gasteiger partial charge is 0.345 e. The van der Waals surface area contributed by atoms with E-state index in [1.54, 1.807) is 24.1 Å². The number of nitrogens with zero attached hydrogens (tertiary/aromatic N) is 2. The Kier molecular flexibility index (Phi) is 4.95. The Morgan fingerprint density at radius 3 is 2.32 bits per heavy atom. The summed E-state index contributed by atoms with van der Waals surface area (Å²) < 4.78 is 27.5. The summed E-state index contributed by atoms with van der Waals surface area (Å²) in [5, 5.41) is 0. The number of sulfonamides is 1. The van der Waals surface area contributed by atoms with Crippen molar-refractivity contribution >= 4 is 15.9 Å². The number of hydrogen-bond donors (Lipinski definition) is 0. The van der Waals surface area contributed by atoms with Crippen LogP contribution in [0.5, 0.6) is 0 Å². The first-order valence-electron chi connectivity index (χ1n) is 9.02. The van der Waals surface area contributed by atoms with Gasteiger partial charge in [-0.2, -0.15) is 4.31 Å². The Morgan fingerprint density at radius 1 is 1.12 bits per heavy atom. The van der Waals surface area contributed by atoms with Crippen LogP contribution in [0.1, 0.15) is 44.6 Å². The number of piperidine rings is 1. The van der Waals surface area contributed by atoms with E-state index in [1.807, 2.05) is 19.2 Å². The second kappa shape index (κ2) is 6.72. The fraction of sp³-hybridized carbons (Fsp3) is 0.632. The maximum absolute atomic E-state index is 13.0. The Bertz CT molecular complexity index is 742. The molecule has 2 aliphatic rings. The highest BCUT2D eigenvalue weighted by Crippen LogP contribution is 2.41. The summed E-state index contributed by atoms with van der Waals surface area (Å²) in [5.41, 5.74) is 1.13. The highest BCUT2D eigenvalue weighted by atomic mass is 32.2. The summed E-state index contributed by atoms with van der Waals surface area (Å²) in [6.45, 7) is 4.93. The van der Waals surface area contributed by atoms with Gasteiger partial charge in [0.2, 0.25) is 15.9 Å². The van der Waals surface area contributed by atoms with Crippen molar-refractivity contribution in [1.82, 2.24) is 9.21 Å². The normalized spacial score (nSPS) is 27.2. The van der Waals surface area contributed by atoms with Gasteiger partial charge in [0.1, 0.15) is 0 Å². The molecule has 1 amide bonds. The summed E-state index contributed by atoms with van der Waals surface area (Å²) in [5.74, 6) is 1.28. The smallest absolute Gasteiger partial charge is 0.243 e. The summed E-state index contributed by atoms with van der Waals surface area (Å²) in [6.07, 6.45) is 2.17. The molecule has 0 radical (unpaired) electrons. The van der Waals surface area contributed by atoms with E-state index in [2.05, 4.69) is 13.8 Å². The van der Waals surface area contributed by atoms with Gasteiger partial charge >= 0.3 is 0 Å². The molecule has 6 heteroatoms. The van der Waals surface area contributed by atoms with Crippen LogP contribution in [-0.4, -0.2) is 50.2 Å². The fourth-order valence-corrected chi connectivity index (χ4v) is 5.55. The second-order valence-corrected chi connectivity index (χ2v) is 9.87. The van der Waals surface area contributed by atoms with Gasteiger partial charge in [-0.15, -0.1) is 0 Å². The Morgan fingerprint density at radius 2 is 1.72 bits per heavy atom. The predicted molar refractivity (Wildman–Crippen MR) is 97.7 cm³/mol. The highest BCUT2D eigenvalue weighted by Gasteiger charge is 2.43. The van der Waals surface area contributed by atoms with E-state index in [4.69, 9.17) is 0 Å². The zero-order chi connectivity index (χ0) is 18.4. The van der Waals surface area contributed by atoms with Crippen molar-refractivity contribution in [3.8, 4) is 0 Å². The molecule has 0 spiro atoms. The molecule has 1 saturated heterocycles. The van der Waals surface area contributed by atoms with Crippen molar-refractivity contribution in [3.63, 3.8) is 0 Å². The van der Waals surface area contributed by atoms with Crippen LogP contribution in [0.3, 0.4) is 0 Å². The third kappa shape index (κ3) is 3.47. The van der Waals surface area contributed by atoms with Crippen molar-refractivity contribution in [1.29, 1.82) is 0 Å². The first-order chi connectivity index (χ1) is 11.7. The molecule has 1 saturated carbocycles. The first-order valence-corrected chi connectivity index (χ1v) is 10.5. The molecule has 1 heterocycles. The van der Waals surface area contributed by atoms with Crippen molar-refractivity contribution in [2.24, 2.45) is 11.8 Å². The van der Waals surface area contributed by atoms with E-state index >= 15 is 0 Å². The fourth-order valence-electron chi connectivity index (χ4n) is 4.17. The maximum atomic E-state index is 13.0. The van der Waals surface area contributed by atoms with Gasteiger partial charge in [0, 0.05) is 33.1 Å². The molecule has 5 nitrogen and oxygen atoms in total. The third-order valence-corrected chi connectivity index (χ3v) is 7.85. The second-order valence-electron chi connectivity index (χ2n) is 7.87. The van der Waals surface area contributed by atoms with Gasteiger partial charge < -0.3 is 4.90 Å². The minimum absolute atomic E-state index is 0.0240. The van der Waals surface area contributed by atoms with Gasteiger partial charge in [-0.3, -0.25) is 4.79 Å². The van der Waals surface area contributed by atoms with E-state index in [1.165, 1.54) is 4.31 Å². The van der Waals surface area contributed by atoms with Crippen LogP contribution in [0.4, 0.5) is 0 Å². The molecule has 25 heavy (non-hydrogen) atoms. The lowest BCUT2D eigenvalue weighted by molar-refractivity contribution is -0.134. The minimum atomic E-state index is -3.50. The molecule has 3 rings (SSSR count). The number of carbonyl (C=O) groups is 1. The van der Waals surface area contributed by atoms with Crippen molar-refractivity contribution in [3.05, 3.63) is 29.8 Å². The zero-order valence-electron chi connectivity index (χ0n) is 15.5. The molecule has 1 aliphatic heterocycles. The van der Waals surface area contributed by atoms with Crippen molar-refractivity contribution < 1.29 is 13.2 Å². The summed E-state index contributed by atoms with van der Waals surface area (Å²) in [7, 11) is 0.0157. The van der Waals surface area contributed by atoms with Crippen LogP contribution in [0.15, 0.2) is 29.2 Å². The Balaban J connectivity index is 1.76. The van der Waals surface area contributed by atoms with Gasteiger partial charge in [0.05, 0.1) is 4.90 Å². The number of amides is 1. The lowest BCUT2D eigenvalue weighted by atomic mass is 9.88. The van der Waals surface area contributed by atoms with Gasteiger partial charge in [0.15, 0.2) is 0 Å². The molecular weight excluding hydrogens is 336 g/mol. The average Bonchev–Trinajstić information content (AvgIpc) is 2.97. The van der Waals surface area contributed by atoms with Gasteiger partial charge in [-0.05, 0) is 48.3 Å². The van der Waals surface area contributed by atoms with Crippen LogP contribution < -0.4 is 0 Å². The lowest BCUT2D eigenvalue weighted by Crippen LogP contribution is -2.39. The van der Waals surface area contributed by atoms with Crippen LogP contribution >= 0.6 is 0 Å². The summed E-state index contributed by atoms with van der Waals surface area (Å²) in [6, 6.07) is 7.19. The SMILES string of the molecule is CC(C)c1ccc(S(=O)(=O)N(C)[C@H]2C[C@H]3CC(=O)N(C)C[C@H]3C2)cc1. The molecule has 0 N–H and O–H groups in total. The molecule has 2 fully saturated rings. The van der Waals surface area contributed by atoms with Crippen molar-refractivity contribution in [2.45, 2.75) is 50.0 Å². The topological polar surface area (TPSA) is 57.7 Å². The number of rotatable bonds is 4. The number of fused-ring (bicyclic) bond motifs is 1. The van der Waals surface area contributed by atoms with Crippen LogP contribution in [0.2, 0.25) is 0 Å². The van der Waals surface area contributed by atoms with Crippen LogP contribution in [-0.2, 0) is 14.8 Å². The van der Waals surface area contributed by atoms with E-state index in [0.29, 0.717) is 29.1 Å². The van der Waals surface area contributed by atoms with E-state index in [0.717, 1.165) is 24.9 Å². The Hall–Kier alpha value is -1.40. The lowest BCUT2D eigenvalue weighted by Gasteiger charge is -2.31. The highest BCUT2D eigenvalue weighted by molar-refractivity contribution is 7.89. The molecule has 138 valence electrons. The van der Waals surface area contributed by atoms with Gasteiger partial charge in [0.25, 0.3) is 0 Å².